The van der Waals surface area contributed by atoms with Crippen molar-refractivity contribution in [3.63, 3.8) is 0 Å². The largest absolute Gasteiger partial charge is 0.416 e. The Labute approximate surface area is 191 Å². The Morgan fingerprint density at radius 3 is 2.33 bits per heavy atom. The van der Waals surface area contributed by atoms with Gasteiger partial charge in [-0.05, 0) is 55.0 Å². The molecule has 2 atom stereocenters. The second-order valence-electron chi connectivity index (χ2n) is 9.20. The van der Waals surface area contributed by atoms with E-state index >= 15 is 0 Å². The summed E-state index contributed by atoms with van der Waals surface area (Å²) in [5.41, 5.74) is 2.87. The molecule has 0 aliphatic carbocycles. The SMILES string of the molecule is Cc1ccc(CN2C[C@@H]3CN(C(=O)CNC(=O)c4cccc(C(F)(F)F)c4)C[C@@H]3C2)c(C)c1. The van der Waals surface area contributed by atoms with Crippen molar-refractivity contribution in [3.8, 4) is 0 Å². The van der Waals surface area contributed by atoms with E-state index < -0.39 is 17.6 Å². The van der Waals surface area contributed by atoms with E-state index in [1.165, 1.54) is 28.8 Å². The molecule has 2 fully saturated rings. The molecule has 5 nitrogen and oxygen atoms in total. The summed E-state index contributed by atoms with van der Waals surface area (Å²) in [6.45, 7) is 8.05. The van der Waals surface area contributed by atoms with E-state index in [-0.39, 0.29) is 18.0 Å². The van der Waals surface area contributed by atoms with Gasteiger partial charge in [0.25, 0.3) is 5.91 Å². The van der Waals surface area contributed by atoms with E-state index in [1.54, 1.807) is 4.90 Å². The Hall–Kier alpha value is -2.87. The van der Waals surface area contributed by atoms with Gasteiger partial charge in [0.05, 0.1) is 12.1 Å². The molecule has 2 aliphatic rings. The van der Waals surface area contributed by atoms with Gasteiger partial charge in [-0.3, -0.25) is 14.5 Å². The first-order chi connectivity index (χ1) is 15.6. The summed E-state index contributed by atoms with van der Waals surface area (Å²) >= 11 is 0. The highest BCUT2D eigenvalue weighted by Gasteiger charge is 2.41. The lowest BCUT2D eigenvalue weighted by Crippen LogP contribution is -2.40. The highest BCUT2D eigenvalue weighted by Crippen LogP contribution is 2.32. The number of nitrogens with one attached hydrogen (secondary N) is 1. The van der Waals surface area contributed by atoms with Crippen LogP contribution in [-0.2, 0) is 17.5 Å². The Morgan fingerprint density at radius 2 is 1.70 bits per heavy atom. The van der Waals surface area contributed by atoms with Crippen LogP contribution in [0.4, 0.5) is 13.2 Å². The summed E-state index contributed by atoms with van der Waals surface area (Å²) in [6, 6.07) is 10.7. The lowest BCUT2D eigenvalue weighted by atomic mass is 10.0. The summed E-state index contributed by atoms with van der Waals surface area (Å²) in [7, 11) is 0. The number of aryl methyl sites for hydroxylation is 2. The summed E-state index contributed by atoms with van der Waals surface area (Å²) in [5.74, 6) is -0.0862. The van der Waals surface area contributed by atoms with Crippen LogP contribution in [0, 0.1) is 25.7 Å². The number of hydrogen-bond donors (Lipinski definition) is 1. The van der Waals surface area contributed by atoms with Crippen molar-refractivity contribution in [1.29, 1.82) is 0 Å². The Kier molecular flexibility index (Phi) is 6.47. The summed E-state index contributed by atoms with van der Waals surface area (Å²) in [6.07, 6.45) is -4.52. The third kappa shape index (κ3) is 5.38. The Balaban J connectivity index is 1.26. The number of alkyl halides is 3. The fraction of sp³-hybridized carbons (Fsp3) is 0.440. The molecule has 2 aromatic rings. The van der Waals surface area contributed by atoms with E-state index in [1.807, 2.05) is 0 Å². The minimum Gasteiger partial charge on any atom is -0.343 e. The molecule has 1 N–H and O–H groups in total. The number of hydrogen-bond acceptors (Lipinski definition) is 3. The third-order valence-electron chi connectivity index (χ3n) is 6.66. The predicted octanol–water partition coefficient (Wildman–Crippen LogP) is 3.64. The molecule has 8 heteroatoms. The van der Waals surface area contributed by atoms with Gasteiger partial charge in [0, 0.05) is 38.3 Å². The maximum Gasteiger partial charge on any atom is 0.416 e. The van der Waals surface area contributed by atoms with Crippen LogP contribution in [0.5, 0.6) is 0 Å². The molecule has 33 heavy (non-hydrogen) atoms. The number of carbonyl (C=O) groups is 2. The minimum atomic E-state index is -4.52. The molecule has 0 bridgehead atoms. The fourth-order valence-electron chi connectivity index (χ4n) is 4.89. The number of rotatable bonds is 5. The van der Waals surface area contributed by atoms with Crippen LogP contribution in [0.2, 0.25) is 0 Å². The maximum absolute atomic E-state index is 12.9. The second kappa shape index (κ2) is 9.17. The van der Waals surface area contributed by atoms with E-state index in [0.29, 0.717) is 24.9 Å². The van der Waals surface area contributed by atoms with E-state index in [2.05, 4.69) is 42.3 Å². The molecule has 2 aromatic carbocycles. The zero-order chi connectivity index (χ0) is 23.8. The van der Waals surface area contributed by atoms with Gasteiger partial charge in [-0.25, -0.2) is 0 Å². The first-order valence-electron chi connectivity index (χ1n) is 11.1. The quantitative estimate of drug-likeness (QED) is 0.743. The molecule has 2 saturated heterocycles. The first-order valence-corrected chi connectivity index (χ1v) is 11.1. The van der Waals surface area contributed by atoms with Crippen molar-refractivity contribution < 1.29 is 22.8 Å². The Morgan fingerprint density at radius 1 is 1.00 bits per heavy atom. The fourth-order valence-corrected chi connectivity index (χ4v) is 4.89. The van der Waals surface area contributed by atoms with Gasteiger partial charge in [-0.1, -0.05) is 29.8 Å². The molecular formula is C25H28F3N3O2. The van der Waals surface area contributed by atoms with Crippen molar-refractivity contribution in [2.75, 3.05) is 32.7 Å². The molecule has 2 heterocycles. The van der Waals surface area contributed by atoms with Crippen molar-refractivity contribution in [1.82, 2.24) is 15.1 Å². The standard InChI is InChI=1S/C25H28F3N3O2/c1-16-6-7-19(17(2)8-16)11-30-12-20-14-31(15-21(20)13-30)23(32)10-29-24(33)18-4-3-5-22(9-18)25(26,27)28/h3-9,20-21H,10-15H2,1-2H3,(H,29,33)/t20-,21+. The number of carbonyl (C=O) groups excluding carboxylic acids is 2. The van der Waals surface area contributed by atoms with Crippen LogP contribution >= 0.6 is 0 Å². The molecule has 2 amide bonds. The summed E-state index contributed by atoms with van der Waals surface area (Å²) in [5, 5.41) is 2.46. The number of likely N-dealkylation sites (tertiary alicyclic amines) is 2. The highest BCUT2D eigenvalue weighted by atomic mass is 19.4. The zero-order valence-electron chi connectivity index (χ0n) is 18.8. The molecule has 0 spiro atoms. The van der Waals surface area contributed by atoms with Crippen LogP contribution in [0.15, 0.2) is 42.5 Å². The average molecular weight is 460 g/mol. The molecule has 0 aromatic heterocycles. The van der Waals surface area contributed by atoms with E-state index in [9.17, 15) is 22.8 Å². The predicted molar refractivity (Wildman–Crippen MR) is 119 cm³/mol. The second-order valence-corrected chi connectivity index (χ2v) is 9.20. The lowest BCUT2D eigenvalue weighted by molar-refractivity contribution is -0.137. The first kappa shape index (κ1) is 23.3. The molecule has 0 saturated carbocycles. The van der Waals surface area contributed by atoms with Gasteiger partial charge in [-0.15, -0.1) is 0 Å². The van der Waals surface area contributed by atoms with Crippen LogP contribution in [0.25, 0.3) is 0 Å². The zero-order valence-corrected chi connectivity index (χ0v) is 18.8. The number of nitrogens with zero attached hydrogens (tertiary/aromatic N) is 2. The molecule has 4 rings (SSSR count). The van der Waals surface area contributed by atoms with Gasteiger partial charge < -0.3 is 10.2 Å². The summed E-state index contributed by atoms with van der Waals surface area (Å²) in [4.78, 5) is 29.0. The topological polar surface area (TPSA) is 52.6 Å². The molecule has 176 valence electrons. The number of benzene rings is 2. The van der Waals surface area contributed by atoms with Crippen LogP contribution in [0.3, 0.4) is 0 Å². The van der Waals surface area contributed by atoms with Crippen molar-refractivity contribution >= 4 is 11.8 Å². The number of amides is 2. The maximum atomic E-state index is 12.9. The smallest absolute Gasteiger partial charge is 0.343 e. The van der Waals surface area contributed by atoms with Gasteiger partial charge in [0.1, 0.15) is 0 Å². The lowest BCUT2D eigenvalue weighted by Gasteiger charge is -2.22. The molecular weight excluding hydrogens is 431 g/mol. The van der Waals surface area contributed by atoms with Crippen molar-refractivity contribution in [2.24, 2.45) is 11.8 Å². The molecule has 0 radical (unpaired) electrons. The number of fused-ring (bicyclic) bond motifs is 1. The molecule has 2 aliphatic heterocycles. The van der Waals surface area contributed by atoms with Crippen LogP contribution in [-0.4, -0.2) is 54.3 Å². The van der Waals surface area contributed by atoms with Crippen molar-refractivity contribution in [3.05, 3.63) is 70.3 Å². The van der Waals surface area contributed by atoms with Gasteiger partial charge in [-0.2, -0.15) is 13.2 Å². The number of halogens is 3. The normalized spacial score (nSPS) is 20.7. The Bertz CT molecular complexity index is 1040. The summed E-state index contributed by atoms with van der Waals surface area (Å²) < 4.78 is 38.6. The van der Waals surface area contributed by atoms with Gasteiger partial charge in [0.2, 0.25) is 5.91 Å². The van der Waals surface area contributed by atoms with E-state index in [0.717, 1.165) is 31.8 Å². The third-order valence-corrected chi connectivity index (χ3v) is 6.66. The van der Waals surface area contributed by atoms with Crippen LogP contribution < -0.4 is 5.32 Å². The molecule has 0 unspecified atom stereocenters. The monoisotopic (exact) mass is 459 g/mol. The minimum absolute atomic E-state index is 0.113. The van der Waals surface area contributed by atoms with E-state index in [4.69, 9.17) is 0 Å². The van der Waals surface area contributed by atoms with Crippen molar-refractivity contribution in [2.45, 2.75) is 26.6 Å². The van der Waals surface area contributed by atoms with Gasteiger partial charge in [0.15, 0.2) is 0 Å². The van der Waals surface area contributed by atoms with Crippen LogP contribution in [0.1, 0.15) is 32.6 Å². The highest BCUT2D eigenvalue weighted by molar-refractivity contribution is 5.96. The average Bonchev–Trinajstić information content (AvgIpc) is 3.32. The van der Waals surface area contributed by atoms with Gasteiger partial charge >= 0.3 is 6.18 Å².